The summed E-state index contributed by atoms with van der Waals surface area (Å²) in [7, 11) is 3.76. The highest BCUT2D eigenvalue weighted by molar-refractivity contribution is 7.99. The SMILES string of the molecule is CCSC1CN(C)Cc2ccccc2-c2cc(OC)c(O)cc21. The molecular formula is C19H23NO2S. The molecule has 1 heterocycles. The molecule has 4 heteroatoms. The van der Waals surface area contributed by atoms with Crippen molar-refractivity contribution < 1.29 is 9.84 Å². The van der Waals surface area contributed by atoms with Crippen molar-refractivity contribution in [3.05, 3.63) is 47.5 Å². The highest BCUT2D eigenvalue weighted by Crippen LogP contribution is 2.44. The molecule has 0 aliphatic carbocycles. The molecule has 23 heavy (non-hydrogen) atoms. The standard InChI is InChI=1S/C19H23NO2S/c1-4-23-19-12-20(2)11-13-7-5-6-8-14(13)15-10-18(22-3)17(21)9-16(15)19/h5-10,19,21H,4,11-12H2,1-3H3. The predicted octanol–water partition coefficient (Wildman–Crippen LogP) is 4.31. The van der Waals surface area contributed by atoms with Gasteiger partial charge in [0.1, 0.15) is 0 Å². The van der Waals surface area contributed by atoms with E-state index in [1.54, 1.807) is 7.11 Å². The van der Waals surface area contributed by atoms with E-state index in [0.29, 0.717) is 11.0 Å². The van der Waals surface area contributed by atoms with Crippen LogP contribution in [-0.2, 0) is 6.54 Å². The number of thioether (sulfide) groups is 1. The average Bonchev–Trinajstić information content (AvgIpc) is 2.54. The fraction of sp³-hybridized carbons (Fsp3) is 0.368. The van der Waals surface area contributed by atoms with E-state index in [-0.39, 0.29) is 5.75 Å². The van der Waals surface area contributed by atoms with Crippen LogP contribution in [0.15, 0.2) is 36.4 Å². The summed E-state index contributed by atoms with van der Waals surface area (Å²) in [4.78, 5) is 2.36. The Morgan fingerprint density at radius 3 is 2.78 bits per heavy atom. The van der Waals surface area contributed by atoms with Gasteiger partial charge in [-0.15, -0.1) is 0 Å². The number of phenolic OH excluding ortho intramolecular Hbond substituents is 1. The molecule has 0 spiro atoms. The smallest absolute Gasteiger partial charge is 0.161 e. The van der Waals surface area contributed by atoms with E-state index < -0.39 is 0 Å². The molecule has 3 nitrogen and oxygen atoms in total. The van der Waals surface area contributed by atoms with E-state index in [2.05, 4.69) is 43.1 Å². The van der Waals surface area contributed by atoms with Gasteiger partial charge in [0.15, 0.2) is 11.5 Å². The van der Waals surface area contributed by atoms with Crippen molar-refractivity contribution in [1.29, 1.82) is 0 Å². The van der Waals surface area contributed by atoms with Gasteiger partial charge in [0.2, 0.25) is 0 Å². The second-order valence-electron chi connectivity index (χ2n) is 5.91. The molecule has 0 saturated carbocycles. The number of nitrogens with zero attached hydrogens (tertiary/aromatic N) is 1. The third kappa shape index (κ3) is 3.19. The van der Waals surface area contributed by atoms with Gasteiger partial charge in [0.25, 0.3) is 0 Å². The van der Waals surface area contributed by atoms with Crippen LogP contribution in [0, 0.1) is 0 Å². The first-order chi connectivity index (χ1) is 11.1. The molecule has 122 valence electrons. The van der Waals surface area contributed by atoms with Crippen LogP contribution < -0.4 is 4.74 Å². The number of fused-ring (bicyclic) bond motifs is 3. The number of hydrogen-bond donors (Lipinski definition) is 1. The van der Waals surface area contributed by atoms with Gasteiger partial charge in [0.05, 0.1) is 7.11 Å². The molecule has 0 fully saturated rings. The number of likely N-dealkylation sites (N-methyl/N-ethyl adjacent to an activating group) is 1. The summed E-state index contributed by atoms with van der Waals surface area (Å²) < 4.78 is 5.35. The van der Waals surface area contributed by atoms with E-state index in [4.69, 9.17) is 4.74 Å². The lowest BCUT2D eigenvalue weighted by atomic mass is 9.91. The summed E-state index contributed by atoms with van der Waals surface area (Å²) in [5, 5.41) is 10.6. The molecule has 1 aliphatic heterocycles. The molecule has 1 atom stereocenters. The summed E-state index contributed by atoms with van der Waals surface area (Å²) in [6.07, 6.45) is 0. The molecule has 0 amide bonds. The number of ether oxygens (including phenoxy) is 1. The fourth-order valence-corrected chi connectivity index (χ4v) is 4.39. The fourth-order valence-electron chi connectivity index (χ4n) is 3.25. The Kier molecular flexibility index (Phi) is 4.83. The maximum atomic E-state index is 10.3. The number of methoxy groups -OCH3 is 1. The molecule has 1 aliphatic rings. The summed E-state index contributed by atoms with van der Waals surface area (Å²) in [5.74, 6) is 1.80. The van der Waals surface area contributed by atoms with E-state index >= 15 is 0 Å². The lowest BCUT2D eigenvalue weighted by Crippen LogP contribution is -2.25. The van der Waals surface area contributed by atoms with Gasteiger partial charge in [0, 0.05) is 18.3 Å². The van der Waals surface area contributed by atoms with Gasteiger partial charge in [-0.25, -0.2) is 0 Å². The minimum Gasteiger partial charge on any atom is -0.504 e. The molecule has 0 bridgehead atoms. The van der Waals surface area contributed by atoms with Crippen LogP contribution in [0.25, 0.3) is 11.1 Å². The zero-order valence-corrected chi connectivity index (χ0v) is 14.7. The third-order valence-corrected chi connectivity index (χ3v) is 5.43. The van der Waals surface area contributed by atoms with Crippen molar-refractivity contribution in [3.8, 4) is 22.6 Å². The molecular weight excluding hydrogens is 306 g/mol. The maximum Gasteiger partial charge on any atom is 0.161 e. The summed E-state index contributed by atoms with van der Waals surface area (Å²) in [6.45, 7) is 4.08. The van der Waals surface area contributed by atoms with Gasteiger partial charge >= 0.3 is 0 Å². The van der Waals surface area contributed by atoms with Crippen LogP contribution in [0.4, 0.5) is 0 Å². The summed E-state index contributed by atoms with van der Waals surface area (Å²) >= 11 is 1.92. The van der Waals surface area contributed by atoms with E-state index in [1.807, 2.05) is 23.9 Å². The van der Waals surface area contributed by atoms with Crippen LogP contribution in [0.1, 0.15) is 23.3 Å². The van der Waals surface area contributed by atoms with Crippen LogP contribution in [0.2, 0.25) is 0 Å². The van der Waals surface area contributed by atoms with Crippen LogP contribution >= 0.6 is 11.8 Å². The van der Waals surface area contributed by atoms with Crippen LogP contribution in [0.3, 0.4) is 0 Å². The monoisotopic (exact) mass is 329 g/mol. The second-order valence-corrected chi connectivity index (χ2v) is 7.39. The van der Waals surface area contributed by atoms with E-state index in [0.717, 1.165) is 18.8 Å². The van der Waals surface area contributed by atoms with Crippen molar-refractivity contribution in [2.24, 2.45) is 0 Å². The van der Waals surface area contributed by atoms with Crippen molar-refractivity contribution in [1.82, 2.24) is 4.90 Å². The molecule has 0 aromatic heterocycles. The molecule has 2 aromatic rings. The van der Waals surface area contributed by atoms with Crippen LogP contribution in [0.5, 0.6) is 11.5 Å². The van der Waals surface area contributed by atoms with Gasteiger partial charge in [-0.2, -0.15) is 11.8 Å². The topological polar surface area (TPSA) is 32.7 Å². The molecule has 2 aromatic carbocycles. The molecule has 1 unspecified atom stereocenters. The van der Waals surface area contributed by atoms with E-state index in [1.165, 1.54) is 22.3 Å². The zero-order chi connectivity index (χ0) is 16.4. The first kappa shape index (κ1) is 16.2. The minimum atomic E-state index is 0.216. The normalized spacial score (nSPS) is 17.8. The van der Waals surface area contributed by atoms with Gasteiger partial charge in [-0.1, -0.05) is 31.2 Å². The highest BCUT2D eigenvalue weighted by Gasteiger charge is 2.24. The Balaban J connectivity index is 2.24. The number of rotatable bonds is 3. The number of hydrogen-bond acceptors (Lipinski definition) is 4. The minimum absolute atomic E-state index is 0.216. The first-order valence-electron chi connectivity index (χ1n) is 7.93. The van der Waals surface area contributed by atoms with Crippen LogP contribution in [-0.4, -0.2) is 36.5 Å². The van der Waals surface area contributed by atoms with Gasteiger partial charge < -0.3 is 14.7 Å². The van der Waals surface area contributed by atoms with Gasteiger partial charge in [-0.3, -0.25) is 0 Å². The third-order valence-electron chi connectivity index (χ3n) is 4.29. The molecule has 0 radical (unpaired) electrons. The first-order valence-corrected chi connectivity index (χ1v) is 8.98. The predicted molar refractivity (Wildman–Crippen MR) is 97.3 cm³/mol. The van der Waals surface area contributed by atoms with E-state index in [9.17, 15) is 5.11 Å². The lowest BCUT2D eigenvalue weighted by molar-refractivity contribution is 0.326. The number of aromatic hydroxyl groups is 1. The van der Waals surface area contributed by atoms with Crippen molar-refractivity contribution in [2.75, 3.05) is 26.5 Å². The molecule has 0 saturated heterocycles. The highest BCUT2D eigenvalue weighted by atomic mass is 32.2. The molecule has 1 N–H and O–H groups in total. The summed E-state index contributed by atoms with van der Waals surface area (Å²) in [5.41, 5.74) is 4.90. The Hall–Kier alpha value is -1.65. The lowest BCUT2D eigenvalue weighted by Gasteiger charge is -2.30. The van der Waals surface area contributed by atoms with Gasteiger partial charge in [-0.05, 0) is 47.2 Å². The Morgan fingerprint density at radius 2 is 2.04 bits per heavy atom. The Labute approximate surface area is 142 Å². The summed E-state index contributed by atoms with van der Waals surface area (Å²) in [6, 6.07) is 12.4. The van der Waals surface area contributed by atoms with Crippen molar-refractivity contribution in [3.63, 3.8) is 0 Å². The number of phenols is 1. The Bertz CT molecular complexity index is 702. The second kappa shape index (κ2) is 6.85. The maximum absolute atomic E-state index is 10.3. The zero-order valence-electron chi connectivity index (χ0n) is 13.9. The van der Waals surface area contributed by atoms with Crippen molar-refractivity contribution in [2.45, 2.75) is 18.7 Å². The number of benzene rings is 2. The molecule has 3 rings (SSSR count). The largest absolute Gasteiger partial charge is 0.504 e. The van der Waals surface area contributed by atoms with Crippen molar-refractivity contribution >= 4 is 11.8 Å². The quantitative estimate of drug-likeness (QED) is 0.910. The Morgan fingerprint density at radius 1 is 1.26 bits per heavy atom. The average molecular weight is 329 g/mol.